The summed E-state index contributed by atoms with van der Waals surface area (Å²) in [7, 11) is 1.74. The Morgan fingerprint density at radius 1 is 1.00 bits per heavy atom. The Bertz CT molecular complexity index is 1690. The molecule has 12 nitrogen and oxygen atoms in total. The van der Waals surface area contributed by atoms with Gasteiger partial charge in [-0.1, -0.05) is 23.7 Å². The molecule has 2 saturated heterocycles. The maximum atomic E-state index is 13.3. The lowest BCUT2D eigenvalue weighted by molar-refractivity contribution is 0.0929. The van der Waals surface area contributed by atoms with E-state index in [9.17, 15) is 9.59 Å². The van der Waals surface area contributed by atoms with Gasteiger partial charge >= 0.3 is 0 Å². The van der Waals surface area contributed by atoms with E-state index in [1.165, 1.54) is 4.68 Å². The number of aromatic nitrogens is 6. The third-order valence-corrected chi connectivity index (χ3v) is 8.41. The Morgan fingerprint density at radius 2 is 1.71 bits per heavy atom. The van der Waals surface area contributed by atoms with Gasteiger partial charge in [-0.05, 0) is 44.7 Å². The summed E-state index contributed by atoms with van der Waals surface area (Å²) in [6.07, 6.45) is 8.72. The highest BCUT2D eigenvalue weighted by molar-refractivity contribution is 6.32. The van der Waals surface area contributed by atoms with Crippen LogP contribution in [0, 0.1) is 6.92 Å². The molecule has 0 radical (unpaired) electrons. The van der Waals surface area contributed by atoms with Crippen LogP contribution in [0.1, 0.15) is 41.7 Å². The Morgan fingerprint density at radius 3 is 2.45 bits per heavy atom. The minimum absolute atomic E-state index is 0.109. The van der Waals surface area contributed by atoms with Crippen molar-refractivity contribution >= 4 is 35.0 Å². The van der Waals surface area contributed by atoms with Crippen LogP contribution in [0.5, 0.6) is 0 Å². The number of para-hydroxylation sites is 1. The SMILES string of the molecule is Cc1c(C(=O)NC2CCN(c3nc(-c4cncc(N5CCCC5)n4)cnc3N)CC2)c(=O)n(-c2ccccc2Cl)n1C. The largest absolute Gasteiger partial charge is 0.381 e. The zero-order valence-corrected chi connectivity index (χ0v) is 24.4. The summed E-state index contributed by atoms with van der Waals surface area (Å²) in [5, 5.41) is 3.49. The van der Waals surface area contributed by atoms with Crippen LogP contribution in [0.25, 0.3) is 17.1 Å². The first-order chi connectivity index (χ1) is 20.3. The first-order valence-corrected chi connectivity index (χ1v) is 14.5. The first-order valence-electron chi connectivity index (χ1n) is 14.1. The molecule has 1 amide bonds. The molecule has 5 heterocycles. The molecule has 42 heavy (non-hydrogen) atoms. The zero-order chi connectivity index (χ0) is 29.4. The molecule has 1 aromatic carbocycles. The monoisotopic (exact) mass is 588 g/mol. The number of carbonyl (C=O) groups is 1. The Hall–Kier alpha value is -4.45. The topological polar surface area (TPSA) is 140 Å². The van der Waals surface area contributed by atoms with E-state index in [0.29, 0.717) is 65.4 Å². The predicted molar refractivity (Wildman–Crippen MR) is 162 cm³/mol. The molecule has 0 spiro atoms. The molecule has 6 rings (SSSR count). The van der Waals surface area contributed by atoms with Crippen LogP contribution in [0.4, 0.5) is 17.5 Å². The van der Waals surface area contributed by atoms with Crippen molar-refractivity contribution in [2.24, 2.45) is 7.05 Å². The van der Waals surface area contributed by atoms with Gasteiger partial charge in [-0.25, -0.2) is 19.6 Å². The molecule has 0 atom stereocenters. The van der Waals surface area contributed by atoms with E-state index in [-0.39, 0.29) is 11.6 Å². The summed E-state index contributed by atoms with van der Waals surface area (Å²) in [5.41, 5.74) is 8.30. The van der Waals surface area contributed by atoms with E-state index in [0.717, 1.165) is 31.7 Å². The number of rotatable bonds is 6. The number of carbonyl (C=O) groups excluding carboxylic acids is 1. The van der Waals surface area contributed by atoms with E-state index in [2.05, 4.69) is 25.1 Å². The highest BCUT2D eigenvalue weighted by Gasteiger charge is 2.28. The van der Waals surface area contributed by atoms with Crippen molar-refractivity contribution in [2.45, 2.75) is 38.6 Å². The van der Waals surface area contributed by atoms with Gasteiger partial charge < -0.3 is 20.9 Å². The standard InChI is InChI=1S/C29H33ClN10O2/c1-18-25(29(42)40(37(18)2)23-8-4-3-7-20(23)30)28(41)34-19-9-13-39(14-10-19)27-26(31)33-16-22(36-27)21-15-32-17-24(35-21)38-11-5-6-12-38/h3-4,7-8,15-17,19H,5-6,9-14H2,1-2H3,(H2,31,33)(H,34,41). The second kappa shape index (κ2) is 11.4. The van der Waals surface area contributed by atoms with Crippen LogP contribution in [-0.2, 0) is 7.05 Å². The van der Waals surface area contributed by atoms with Crippen LogP contribution in [-0.4, -0.2) is 67.4 Å². The second-order valence-electron chi connectivity index (χ2n) is 10.7. The number of nitrogen functional groups attached to an aromatic ring is 1. The van der Waals surface area contributed by atoms with Crippen molar-refractivity contribution in [3.05, 3.63) is 69.5 Å². The molecule has 0 aliphatic carbocycles. The fraction of sp³-hybridized carbons (Fsp3) is 0.379. The third-order valence-electron chi connectivity index (χ3n) is 8.09. The summed E-state index contributed by atoms with van der Waals surface area (Å²) >= 11 is 6.35. The van der Waals surface area contributed by atoms with Crippen molar-refractivity contribution in [1.82, 2.24) is 34.6 Å². The lowest BCUT2D eigenvalue weighted by Gasteiger charge is -2.33. The van der Waals surface area contributed by atoms with Crippen molar-refractivity contribution in [3.63, 3.8) is 0 Å². The van der Waals surface area contributed by atoms with Crippen LogP contribution in [0.3, 0.4) is 0 Å². The number of piperidine rings is 1. The molecule has 2 aliphatic rings. The van der Waals surface area contributed by atoms with Gasteiger partial charge in [0.2, 0.25) is 0 Å². The molecule has 3 aromatic heterocycles. The van der Waals surface area contributed by atoms with Crippen molar-refractivity contribution in [2.75, 3.05) is 41.7 Å². The van der Waals surface area contributed by atoms with Gasteiger partial charge in [0.15, 0.2) is 11.6 Å². The lowest BCUT2D eigenvalue weighted by atomic mass is 10.0. The number of benzene rings is 1. The first kappa shape index (κ1) is 27.7. The minimum atomic E-state index is -0.408. The van der Waals surface area contributed by atoms with Crippen molar-refractivity contribution in [3.8, 4) is 17.1 Å². The van der Waals surface area contributed by atoms with Gasteiger partial charge in [0, 0.05) is 39.3 Å². The van der Waals surface area contributed by atoms with Gasteiger partial charge in [0.25, 0.3) is 11.5 Å². The van der Waals surface area contributed by atoms with Crippen molar-refractivity contribution < 1.29 is 4.79 Å². The Labute approximate surface area is 248 Å². The maximum Gasteiger partial charge on any atom is 0.284 e. The number of halogens is 1. The number of nitrogens with zero attached hydrogens (tertiary/aromatic N) is 8. The normalized spacial score (nSPS) is 15.8. The highest BCUT2D eigenvalue weighted by Crippen LogP contribution is 2.27. The second-order valence-corrected chi connectivity index (χ2v) is 11.1. The number of nitrogens with two attached hydrogens (primary N) is 1. The number of anilines is 3. The van der Waals surface area contributed by atoms with E-state index < -0.39 is 11.5 Å². The fourth-order valence-electron chi connectivity index (χ4n) is 5.68. The molecule has 3 N–H and O–H groups in total. The van der Waals surface area contributed by atoms with Crippen LogP contribution >= 0.6 is 11.6 Å². The lowest BCUT2D eigenvalue weighted by Crippen LogP contribution is -2.46. The zero-order valence-electron chi connectivity index (χ0n) is 23.6. The minimum Gasteiger partial charge on any atom is -0.381 e. The van der Waals surface area contributed by atoms with Gasteiger partial charge in [0.05, 0.1) is 35.0 Å². The van der Waals surface area contributed by atoms with Gasteiger partial charge in [0.1, 0.15) is 22.8 Å². The van der Waals surface area contributed by atoms with E-state index >= 15 is 0 Å². The molecular formula is C29H33ClN10O2. The molecule has 0 bridgehead atoms. The van der Waals surface area contributed by atoms with Crippen molar-refractivity contribution in [1.29, 1.82) is 0 Å². The van der Waals surface area contributed by atoms with Crippen LogP contribution in [0.15, 0.2) is 47.7 Å². The quantitative estimate of drug-likeness (QED) is 0.348. The number of nitrogens with one attached hydrogen (secondary N) is 1. The number of hydrogen-bond acceptors (Lipinski definition) is 9. The Kier molecular flexibility index (Phi) is 7.55. The molecule has 4 aromatic rings. The van der Waals surface area contributed by atoms with Gasteiger partial charge in [-0.3, -0.25) is 19.3 Å². The maximum absolute atomic E-state index is 13.3. The highest BCUT2D eigenvalue weighted by atomic mass is 35.5. The van der Waals surface area contributed by atoms with E-state index in [1.54, 1.807) is 61.5 Å². The molecule has 2 aliphatic heterocycles. The van der Waals surface area contributed by atoms with Crippen LogP contribution in [0.2, 0.25) is 5.02 Å². The average molecular weight is 589 g/mol. The fourth-order valence-corrected chi connectivity index (χ4v) is 5.90. The molecule has 0 saturated carbocycles. The predicted octanol–water partition coefficient (Wildman–Crippen LogP) is 2.97. The number of amides is 1. The third kappa shape index (κ3) is 5.18. The average Bonchev–Trinajstić information content (AvgIpc) is 3.61. The summed E-state index contributed by atoms with van der Waals surface area (Å²) < 4.78 is 3.08. The van der Waals surface area contributed by atoms with Gasteiger partial charge in [-0.2, -0.15) is 0 Å². The summed E-state index contributed by atoms with van der Waals surface area (Å²) in [5.74, 6) is 1.38. The molecular weight excluding hydrogens is 556 g/mol. The Balaban J connectivity index is 1.15. The van der Waals surface area contributed by atoms with Gasteiger partial charge in [-0.15, -0.1) is 0 Å². The van der Waals surface area contributed by atoms with E-state index in [4.69, 9.17) is 27.3 Å². The molecule has 2 fully saturated rings. The van der Waals surface area contributed by atoms with Crippen LogP contribution < -0.4 is 26.4 Å². The summed E-state index contributed by atoms with van der Waals surface area (Å²) in [4.78, 5) is 49.3. The molecule has 13 heteroatoms. The van der Waals surface area contributed by atoms with E-state index in [1.807, 2.05) is 0 Å². The molecule has 0 unspecified atom stereocenters. The molecule has 218 valence electrons. The number of hydrogen-bond donors (Lipinski definition) is 2. The smallest absolute Gasteiger partial charge is 0.284 e. The summed E-state index contributed by atoms with van der Waals surface area (Å²) in [6, 6.07) is 6.95. The summed E-state index contributed by atoms with van der Waals surface area (Å²) in [6.45, 7) is 4.94.